The van der Waals surface area contributed by atoms with Gasteiger partial charge in [0.1, 0.15) is 0 Å². The van der Waals surface area contributed by atoms with Gasteiger partial charge in [-0.15, -0.1) is 0 Å². The van der Waals surface area contributed by atoms with E-state index in [1.54, 1.807) is 0 Å². The average molecular weight is 509 g/mol. The Morgan fingerprint density at radius 1 is 0.371 bits per heavy atom. The standard InChI is InChI=1S/C34H21Br/c35-34-30-16-6-5-15-29(30)33(28-18-8-12-23-10-2-4-14-26(23)28)32-21-24(19-20-31(32)34)27-17-7-11-22-9-1-3-13-25(22)27/h1-21H. The van der Waals surface area contributed by atoms with Gasteiger partial charge in [-0.2, -0.15) is 0 Å². The molecule has 0 N–H and O–H groups in total. The van der Waals surface area contributed by atoms with Crippen LogP contribution < -0.4 is 0 Å². The van der Waals surface area contributed by atoms with Crippen LogP contribution in [0.4, 0.5) is 0 Å². The Morgan fingerprint density at radius 2 is 0.886 bits per heavy atom. The van der Waals surface area contributed by atoms with Gasteiger partial charge in [0.25, 0.3) is 0 Å². The molecule has 0 saturated carbocycles. The minimum absolute atomic E-state index is 1.15. The molecule has 7 aromatic carbocycles. The molecule has 0 nitrogen and oxygen atoms in total. The van der Waals surface area contributed by atoms with Crippen LogP contribution in [0, 0.1) is 0 Å². The second-order valence-electron chi connectivity index (χ2n) is 9.05. The maximum Gasteiger partial charge on any atom is 0.0332 e. The first-order valence-electron chi connectivity index (χ1n) is 11.9. The molecule has 164 valence electrons. The third-order valence-electron chi connectivity index (χ3n) is 7.12. The van der Waals surface area contributed by atoms with Crippen LogP contribution >= 0.6 is 15.9 Å². The summed E-state index contributed by atoms with van der Waals surface area (Å²) in [4.78, 5) is 0. The average Bonchev–Trinajstić information content (AvgIpc) is 2.93. The molecule has 0 saturated heterocycles. The van der Waals surface area contributed by atoms with Crippen LogP contribution in [-0.4, -0.2) is 0 Å². The number of halogens is 1. The molecule has 1 heteroatoms. The van der Waals surface area contributed by atoms with Crippen molar-refractivity contribution in [3.63, 3.8) is 0 Å². The Balaban J connectivity index is 1.64. The molecular formula is C34H21Br. The molecule has 0 unspecified atom stereocenters. The SMILES string of the molecule is Brc1c2ccccc2c(-c2cccc3ccccc23)c2cc(-c3cccc4ccccc34)ccc12. The molecule has 0 spiro atoms. The van der Waals surface area contributed by atoms with Gasteiger partial charge in [0.2, 0.25) is 0 Å². The molecule has 0 bridgehead atoms. The van der Waals surface area contributed by atoms with Crippen molar-refractivity contribution in [3.8, 4) is 22.3 Å². The van der Waals surface area contributed by atoms with Gasteiger partial charge in [-0.3, -0.25) is 0 Å². The zero-order valence-electron chi connectivity index (χ0n) is 19.0. The number of hydrogen-bond donors (Lipinski definition) is 0. The third kappa shape index (κ3) is 3.20. The number of rotatable bonds is 2. The predicted octanol–water partition coefficient (Wildman–Crippen LogP) is 10.4. The van der Waals surface area contributed by atoms with Crippen LogP contribution in [0.3, 0.4) is 0 Å². The predicted molar refractivity (Wildman–Crippen MR) is 155 cm³/mol. The number of benzene rings is 7. The molecule has 0 aromatic heterocycles. The zero-order valence-corrected chi connectivity index (χ0v) is 20.6. The van der Waals surface area contributed by atoms with Crippen LogP contribution in [-0.2, 0) is 0 Å². The van der Waals surface area contributed by atoms with E-state index in [0.29, 0.717) is 0 Å². The van der Waals surface area contributed by atoms with Gasteiger partial charge in [-0.1, -0.05) is 121 Å². The van der Waals surface area contributed by atoms with Crippen LogP contribution in [0.5, 0.6) is 0 Å². The highest BCUT2D eigenvalue weighted by Gasteiger charge is 2.17. The summed E-state index contributed by atoms with van der Waals surface area (Å²) >= 11 is 3.96. The fourth-order valence-corrected chi connectivity index (χ4v) is 6.19. The first kappa shape index (κ1) is 20.4. The number of hydrogen-bond acceptors (Lipinski definition) is 0. The Bertz CT molecular complexity index is 1900. The molecular weight excluding hydrogens is 488 g/mol. The van der Waals surface area contributed by atoms with Gasteiger partial charge >= 0.3 is 0 Å². The van der Waals surface area contributed by atoms with Gasteiger partial charge in [-0.25, -0.2) is 0 Å². The fraction of sp³-hybridized carbons (Fsp3) is 0. The van der Waals surface area contributed by atoms with E-state index in [2.05, 4.69) is 143 Å². The van der Waals surface area contributed by atoms with E-state index in [1.807, 2.05) is 0 Å². The normalized spacial score (nSPS) is 11.6. The third-order valence-corrected chi connectivity index (χ3v) is 7.97. The Hall–Kier alpha value is -3.94. The first-order valence-corrected chi connectivity index (χ1v) is 12.7. The first-order chi connectivity index (χ1) is 17.3. The zero-order chi connectivity index (χ0) is 23.4. The van der Waals surface area contributed by atoms with Gasteiger partial charge < -0.3 is 0 Å². The lowest BCUT2D eigenvalue weighted by atomic mass is 9.87. The molecule has 7 aromatic rings. The second kappa shape index (κ2) is 8.08. The van der Waals surface area contributed by atoms with E-state index in [4.69, 9.17) is 0 Å². The summed E-state index contributed by atoms with van der Waals surface area (Å²) in [6, 6.07) is 46.2. The van der Waals surface area contributed by atoms with Crippen molar-refractivity contribution in [1.82, 2.24) is 0 Å². The van der Waals surface area contributed by atoms with Crippen molar-refractivity contribution in [2.24, 2.45) is 0 Å². The van der Waals surface area contributed by atoms with Gasteiger partial charge in [-0.05, 0) is 87.3 Å². The van der Waals surface area contributed by atoms with Gasteiger partial charge in [0.15, 0.2) is 0 Å². The van der Waals surface area contributed by atoms with Crippen molar-refractivity contribution < 1.29 is 0 Å². The van der Waals surface area contributed by atoms with Crippen LogP contribution in [0.25, 0.3) is 65.3 Å². The lowest BCUT2D eigenvalue weighted by Crippen LogP contribution is -1.90. The monoisotopic (exact) mass is 508 g/mol. The molecule has 0 atom stereocenters. The topological polar surface area (TPSA) is 0 Å². The van der Waals surface area contributed by atoms with Crippen molar-refractivity contribution in [1.29, 1.82) is 0 Å². The molecule has 0 aliphatic rings. The lowest BCUT2D eigenvalue weighted by molar-refractivity contribution is 1.67. The van der Waals surface area contributed by atoms with E-state index in [0.717, 1.165) is 4.47 Å². The molecule has 7 rings (SSSR count). The Kier molecular flexibility index (Phi) is 4.72. The molecule has 0 fully saturated rings. The smallest absolute Gasteiger partial charge is 0.0332 e. The van der Waals surface area contributed by atoms with E-state index in [9.17, 15) is 0 Å². The Labute approximate surface area is 212 Å². The molecule has 0 heterocycles. The van der Waals surface area contributed by atoms with Crippen LogP contribution in [0.15, 0.2) is 132 Å². The second-order valence-corrected chi connectivity index (χ2v) is 9.84. The van der Waals surface area contributed by atoms with Crippen molar-refractivity contribution >= 4 is 59.0 Å². The maximum absolute atomic E-state index is 3.96. The summed E-state index contributed by atoms with van der Waals surface area (Å²) in [6.07, 6.45) is 0. The largest absolute Gasteiger partial charge is 0.0616 e. The summed E-state index contributed by atoms with van der Waals surface area (Å²) in [5, 5.41) is 10.1. The molecule has 0 aliphatic heterocycles. The highest BCUT2D eigenvalue weighted by Crippen LogP contribution is 2.45. The lowest BCUT2D eigenvalue weighted by Gasteiger charge is -2.17. The van der Waals surface area contributed by atoms with Crippen molar-refractivity contribution in [3.05, 3.63) is 132 Å². The summed E-state index contributed by atoms with van der Waals surface area (Å²) < 4.78 is 1.15. The van der Waals surface area contributed by atoms with Crippen LogP contribution in [0.1, 0.15) is 0 Å². The molecule has 0 radical (unpaired) electrons. The Morgan fingerprint density at radius 3 is 1.60 bits per heavy atom. The van der Waals surface area contributed by atoms with E-state index in [-0.39, 0.29) is 0 Å². The highest BCUT2D eigenvalue weighted by atomic mass is 79.9. The number of fused-ring (bicyclic) bond motifs is 4. The van der Waals surface area contributed by atoms with Crippen molar-refractivity contribution in [2.75, 3.05) is 0 Å². The minimum Gasteiger partial charge on any atom is -0.0616 e. The fourth-order valence-electron chi connectivity index (χ4n) is 5.50. The van der Waals surface area contributed by atoms with E-state index < -0.39 is 0 Å². The van der Waals surface area contributed by atoms with E-state index >= 15 is 0 Å². The molecule has 35 heavy (non-hydrogen) atoms. The van der Waals surface area contributed by atoms with Gasteiger partial charge in [0.05, 0.1) is 0 Å². The summed E-state index contributed by atoms with van der Waals surface area (Å²) in [7, 11) is 0. The minimum atomic E-state index is 1.15. The summed E-state index contributed by atoms with van der Waals surface area (Å²) in [6.45, 7) is 0. The summed E-state index contributed by atoms with van der Waals surface area (Å²) in [5.41, 5.74) is 5.06. The molecule has 0 amide bonds. The highest BCUT2D eigenvalue weighted by molar-refractivity contribution is 9.10. The molecule has 0 aliphatic carbocycles. The quantitative estimate of drug-likeness (QED) is 0.203. The van der Waals surface area contributed by atoms with Gasteiger partial charge in [0, 0.05) is 4.47 Å². The van der Waals surface area contributed by atoms with E-state index in [1.165, 1.54) is 65.3 Å². The van der Waals surface area contributed by atoms with Crippen molar-refractivity contribution in [2.45, 2.75) is 0 Å². The summed E-state index contributed by atoms with van der Waals surface area (Å²) in [5.74, 6) is 0. The van der Waals surface area contributed by atoms with Crippen LogP contribution in [0.2, 0.25) is 0 Å². The maximum atomic E-state index is 3.96.